The molecule has 0 aromatic heterocycles. The highest BCUT2D eigenvalue weighted by atomic mass is 16.5. The van der Waals surface area contributed by atoms with Gasteiger partial charge in [-0.2, -0.15) is 0 Å². The molecule has 1 aromatic carbocycles. The zero-order chi connectivity index (χ0) is 20.7. The van der Waals surface area contributed by atoms with Crippen molar-refractivity contribution in [1.29, 1.82) is 0 Å². The van der Waals surface area contributed by atoms with Gasteiger partial charge in [0.2, 0.25) is 0 Å². The Morgan fingerprint density at radius 2 is 1.75 bits per heavy atom. The largest absolute Gasteiger partial charge is 0.458 e. The van der Waals surface area contributed by atoms with Crippen LogP contribution in [0.5, 0.6) is 0 Å². The second-order valence-corrected chi connectivity index (χ2v) is 8.33. The summed E-state index contributed by atoms with van der Waals surface area (Å²) in [7, 11) is 0. The summed E-state index contributed by atoms with van der Waals surface area (Å²) in [6.07, 6.45) is 6.91. The molecule has 2 rings (SSSR count). The van der Waals surface area contributed by atoms with E-state index in [2.05, 4.69) is 26.8 Å². The molecule has 0 N–H and O–H groups in total. The van der Waals surface area contributed by atoms with Crippen molar-refractivity contribution in [3.05, 3.63) is 59.2 Å². The summed E-state index contributed by atoms with van der Waals surface area (Å²) in [6.45, 7) is 9.72. The van der Waals surface area contributed by atoms with Gasteiger partial charge in [-0.1, -0.05) is 43.7 Å². The molecule has 4 nitrogen and oxygen atoms in total. The summed E-state index contributed by atoms with van der Waals surface area (Å²) in [5.74, 6) is -0.647. The van der Waals surface area contributed by atoms with E-state index in [0.717, 1.165) is 24.8 Å². The fourth-order valence-electron chi connectivity index (χ4n) is 3.42. The lowest BCUT2D eigenvalue weighted by molar-refractivity contribution is -0.149. The highest BCUT2D eigenvalue weighted by Gasteiger charge is 2.31. The van der Waals surface area contributed by atoms with Crippen molar-refractivity contribution in [1.82, 2.24) is 0 Å². The van der Waals surface area contributed by atoms with Crippen molar-refractivity contribution in [2.24, 2.45) is 5.41 Å². The predicted molar refractivity (Wildman–Crippen MR) is 111 cm³/mol. The molecule has 2 atom stereocenters. The standard InChI is InChI=1S/C24H32O4/c1-17-10-9-15-24(4,5)22(27-19(3)25)16-18(2)21(14-13-17)28-23(26)20-11-7-6-8-12-20/h6-8,11-13,16,21-22H,9-10,14-15H2,1-5H3/b17-13?,18-16-/t21-,22+/m1/s1. The summed E-state index contributed by atoms with van der Waals surface area (Å²) >= 11 is 0. The molecule has 1 aliphatic rings. The van der Waals surface area contributed by atoms with Gasteiger partial charge < -0.3 is 9.47 Å². The first kappa shape index (κ1) is 21.9. The number of ether oxygens (including phenoxy) is 2. The maximum Gasteiger partial charge on any atom is 0.338 e. The van der Waals surface area contributed by atoms with Crippen LogP contribution < -0.4 is 0 Å². The Bertz CT molecular complexity index is 743. The van der Waals surface area contributed by atoms with Gasteiger partial charge in [0.05, 0.1) is 5.56 Å². The third-order valence-corrected chi connectivity index (χ3v) is 5.32. The van der Waals surface area contributed by atoms with Crippen LogP contribution in [0.4, 0.5) is 0 Å². The molecular formula is C24H32O4. The average Bonchev–Trinajstić information content (AvgIpc) is 2.65. The second-order valence-electron chi connectivity index (χ2n) is 8.33. The molecule has 0 saturated heterocycles. The van der Waals surface area contributed by atoms with Gasteiger partial charge in [0.15, 0.2) is 0 Å². The fourth-order valence-corrected chi connectivity index (χ4v) is 3.42. The Balaban J connectivity index is 2.33. The molecule has 0 unspecified atom stereocenters. The lowest BCUT2D eigenvalue weighted by atomic mass is 9.80. The van der Waals surface area contributed by atoms with E-state index in [4.69, 9.17) is 9.47 Å². The van der Waals surface area contributed by atoms with Crippen molar-refractivity contribution >= 4 is 11.9 Å². The number of carbonyl (C=O) groups excluding carboxylic acids is 2. The molecule has 28 heavy (non-hydrogen) atoms. The molecule has 0 amide bonds. The molecule has 0 radical (unpaired) electrons. The topological polar surface area (TPSA) is 52.6 Å². The molecule has 1 aromatic rings. The molecule has 0 spiro atoms. The molecule has 152 valence electrons. The van der Waals surface area contributed by atoms with Crippen LogP contribution in [-0.2, 0) is 14.3 Å². The summed E-state index contributed by atoms with van der Waals surface area (Å²) in [5.41, 5.74) is 2.51. The molecule has 4 heteroatoms. The van der Waals surface area contributed by atoms with E-state index in [-0.39, 0.29) is 23.5 Å². The normalized spacial score (nSPS) is 24.8. The maximum absolute atomic E-state index is 12.6. The van der Waals surface area contributed by atoms with E-state index in [0.29, 0.717) is 12.0 Å². The first-order chi connectivity index (χ1) is 13.2. The predicted octanol–water partition coefficient (Wildman–Crippen LogP) is 5.64. The van der Waals surface area contributed by atoms with Crippen LogP contribution in [0.15, 0.2) is 53.6 Å². The number of benzene rings is 1. The van der Waals surface area contributed by atoms with Crippen molar-refractivity contribution in [2.75, 3.05) is 0 Å². The number of allylic oxidation sites excluding steroid dienone is 1. The fraction of sp³-hybridized carbons (Fsp3) is 0.500. The minimum atomic E-state index is -0.394. The lowest BCUT2D eigenvalue weighted by Crippen LogP contribution is -2.33. The van der Waals surface area contributed by atoms with E-state index in [9.17, 15) is 9.59 Å². The first-order valence-electron chi connectivity index (χ1n) is 9.96. The SMILES string of the molecule is CC(=O)O[C@H]1/C=C(/C)[C@H](OC(=O)c2ccccc2)CC=C(C)CCCC1(C)C. The van der Waals surface area contributed by atoms with Crippen LogP contribution in [0.1, 0.15) is 70.7 Å². The number of carbonyl (C=O) groups is 2. The van der Waals surface area contributed by atoms with Crippen molar-refractivity contribution in [3.8, 4) is 0 Å². The number of hydrogen-bond donors (Lipinski definition) is 0. The molecule has 0 fully saturated rings. The highest BCUT2D eigenvalue weighted by molar-refractivity contribution is 5.89. The van der Waals surface area contributed by atoms with Crippen molar-refractivity contribution in [2.45, 2.75) is 72.5 Å². The van der Waals surface area contributed by atoms with Gasteiger partial charge in [-0.05, 0) is 56.9 Å². The van der Waals surface area contributed by atoms with Gasteiger partial charge in [0.1, 0.15) is 12.2 Å². The van der Waals surface area contributed by atoms with Crippen LogP contribution in [0.2, 0.25) is 0 Å². The Morgan fingerprint density at radius 1 is 1.07 bits per heavy atom. The maximum atomic E-state index is 12.6. The van der Waals surface area contributed by atoms with Gasteiger partial charge in [-0.25, -0.2) is 4.79 Å². The Morgan fingerprint density at radius 3 is 2.39 bits per heavy atom. The van der Waals surface area contributed by atoms with Gasteiger partial charge in [0, 0.05) is 18.8 Å². The quantitative estimate of drug-likeness (QED) is 0.500. The summed E-state index contributed by atoms with van der Waals surface area (Å²) in [5, 5.41) is 0. The van der Waals surface area contributed by atoms with E-state index in [1.165, 1.54) is 12.5 Å². The molecule has 0 aliphatic heterocycles. The van der Waals surface area contributed by atoms with Crippen LogP contribution in [0, 0.1) is 5.41 Å². The summed E-state index contributed by atoms with van der Waals surface area (Å²) in [6, 6.07) is 9.00. The van der Waals surface area contributed by atoms with Gasteiger partial charge in [0.25, 0.3) is 0 Å². The van der Waals surface area contributed by atoms with Crippen LogP contribution in [0.3, 0.4) is 0 Å². The Hall–Kier alpha value is -2.36. The van der Waals surface area contributed by atoms with E-state index >= 15 is 0 Å². The average molecular weight is 385 g/mol. The van der Waals surface area contributed by atoms with Gasteiger partial charge in [-0.15, -0.1) is 0 Å². The molecule has 0 heterocycles. The molecule has 0 bridgehead atoms. The first-order valence-corrected chi connectivity index (χ1v) is 9.96. The lowest BCUT2D eigenvalue weighted by Gasteiger charge is -2.32. The second kappa shape index (κ2) is 9.72. The Labute approximate surface area is 168 Å². The Kier molecular flexibility index (Phi) is 7.61. The zero-order valence-electron chi connectivity index (χ0n) is 17.7. The van der Waals surface area contributed by atoms with Gasteiger partial charge >= 0.3 is 11.9 Å². The highest BCUT2D eigenvalue weighted by Crippen LogP contribution is 2.34. The van der Waals surface area contributed by atoms with E-state index in [1.807, 2.05) is 31.2 Å². The molecular weight excluding hydrogens is 352 g/mol. The number of hydrogen-bond acceptors (Lipinski definition) is 4. The smallest absolute Gasteiger partial charge is 0.338 e. The van der Waals surface area contributed by atoms with Crippen LogP contribution in [-0.4, -0.2) is 24.1 Å². The van der Waals surface area contributed by atoms with Crippen molar-refractivity contribution < 1.29 is 19.1 Å². The van der Waals surface area contributed by atoms with Crippen LogP contribution in [0.25, 0.3) is 0 Å². The third kappa shape index (κ3) is 6.36. The summed E-state index contributed by atoms with van der Waals surface area (Å²) in [4.78, 5) is 24.3. The zero-order valence-corrected chi connectivity index (χ0v) is 17.7. The van der Waals surface area contributed by atoms with E-state index < -0.39 is 6.10 Å². The minimum absolute atomic E-state index is 0.203. The monoisotopic (exact) mass is 384 g/mol. The number of esters is 2. The third-order valence-electron chi connectivity index (χ3n) is 5.32. The molecule has 1 aliphatic carbocycles. The van der Waals surface area contributed by atoms with Crippen molar-refractivity contribution in [3.63, 3.8) is 0 Å². The minimum Gasteiger partial charge on any atom is -0.458 e. The molecule has 0 saturated carbocycles. The number of rotatable bonds is 3. The summed E-state index contributed by atoms with van der Waals surface area (Å²) < 4.78 is 11.5. The van der Waals surface area contributed by atoms with E-state index in [1.54, 1.807) is 12.1 Å². The van der Waals surface area contributed by atoms with Gasteiger partial charge in [-0.3, -0.25) is 4.79 Å². The van der Waals surface area contributed by atoms with Crippen LogP contribution >= 0.6 is 0 Å².